The molecule has 0 spiro atoms. The molecule has 1 heterocycles. The molecule has 0 aliphatic carbocycles. The van der Waals surface area contributed by atoms with Crippen molar-refractivity contribution in [2.75, 3.05) is 31.1 Å². The number of hydrogen-bond acceptors (Lipinski definition) is 3. The third kappa shape index (κ3) is 1.94. The number of phenols is 1. The number of hydrogen-bond donors (Lipinski definition) is 2. The van der Waals surface area contributed by atoms with Gasteiger partial charge in [0, 0.05) is 37.9 Å². The van der Waals surface area contributed by atoms with E-state index in [1.807, 2.05) is 6.07 Å². The lowest BCUT2D eigenvalue weighted by Gasteiger charge is -2.29. The van der Waals surface area contributed by atoms with E-state index < -0.39 is 0 Å². The first-order valence-corrected chi connectivity index (χ1v) is 5.09. The minimum Gasteiger partial charge on any atom is -0.506 e. The van der Waals surface area contributed by atoms with E-state index in [4.69, 9.17) is 11.6 Å². The van der Waals surface area contributed by atoms with Gasteiger partial charge in [-0.15, -0.1) is 0 Å². The summed E-state index contributed by atoms with van der Waals surface area (Å²) in [6.45, 7) is 3.93. The summed E-state index contributed by atoms with van der Waals surface area (Å²) in [6.07, 6.45) is 0. The smallest absolute Gasteiger partial charge is 0.136 e. The van der Waals surface area contributed by atoms with Crippen LogP contribution in [0.25, 0.3) is 0 Å². The van der Waals surface area contributed by atoms with E-state index in [1.54, 1.807) is 12.1 Å². The van der Waals surface area contributed by atoms with E-state index in [-0.39, 0.29) is 5.75 Å². The minimum absolute atomic E-state index is 0.155. The van der Waals surface area contributed by atoms with Crippen LogP contribution in [-0.2, 0) is 0 Å². The zero-order valence-electron chi connectivity index (χ0n) is 7.83. The maximum atomic E-state index is 9.46. The molecule has 0 saturated carbocycles. The number of phenolic OH excluding ortho intramolecular Hbond substituents is 1. The molecule has 1 saturated heterocycles. The van der Waals surface area contributed by atoms with Crippen LogP contribution < -0.4 is 10.2 Å². The highest BCUT2D eigenvalue weighted by atomic mass is 35.5. The van der Waals surface area contributed by atoms with E-state index in [0.717, 1.165) is 31.9 Å². The molecule has 14 heavy (non-hydrogen) atoms. The second-order valence-corrected chi connectivity index (χ2v) is 3.78. The predicted octanol–water partition coefficient (Wildman–Crippen LogP) is 1.46. The SMILES string of the molecule is Oc1cc(N2CCNCC2)ccc1Cl. The predicted molar refractivity (Wildman–Crippen MR) is 58.2 cm³/mol. The molecule has 1 aromatic carbocycles. The van der Waals surface area contributed by atoms with Gasteiger partial charge < -0.3 is 15.3 Å². The Labute approximate surface area is 88.3 Å². The van der Waals surface area contributed by atoms with Gasteiger partial charge in [-0.1, -0.05) is 11.6 Å². The number of rotatable bonds is 1. The quantitative estimate of drug-likeness (QED) is 0.740. The molecule has 0 amide bonds. The summed E-state index contributed by atoms with van der Waals surface area (Å²) in [7, 11) is 0. The van der Waals surface area contributed by atoms with Crippen molar-refractivity contribution in [2.45, 2.75) is 0 Å². The Morgan fingerprint density at radius 3 is 2.64 bits per heavy atom. The number of aromatic hydroxyl groups is 1. The Morgan fingerprint density at radius 1 is 1.29 bits per heavy atom. The molecule has 2 N–H and O–H groups in total. The first-order valence-electron chi connectivity index (χ1n) is 4.71. The molecule has 0 atom stereocenters. The number of nitrogens with zero attached hydrogens (tertiary/aromatic N) is 1. The second kappa shape index (κ2) is 4.07. The fourth-order valence-corrected chi connectivity index (χ4v) is 1.74. The fourth-order valence-electron chi connectivity index (χ4n) is 1.62. The molecule has 0 aromatic heterocycles. The van der Waals surface area contributed by atoms with Crippen molar-refractivity contribution in [1.29, 1.82) is 0 Å². The maximum absolute atomic E-state index is 9.46. The van der Waals surface area contributed by atoms with Crippen LogP contribution in [0.1, 0.15) is 0 Å². The van der Waals surface area contributed by atoms with E-state index in [0.29, 0.717) is 5.02 Å². The summed E-state index contributed by atoms with van der Waals surface area (Å²) in [5.41, 5.74) is 1.04. The molecule has 0 unspecified atom stereocenters. The number of anilines is 1. The summed E-state index contributed by atoms with van der Waals surface area (Å²) < 4.78 is 0. The standard InChI is InChI=1S/C10H13ClN2O/c11-9-2-1-8(7-10(9)14)13-5-3-12-4-6-13/h1-2,7,12,14H,3-6H2. The summed E-state index contributed by atoms with van der Waals surface area (Å²) >= 11 is 5.74. The Morgan fingerprint density at radius 2 is 2.00 bits per heavy atom. The van der Waals surface area contributed by atoms with Gasteiger partial charge in [-0.05, 0) is 12.1 Å². The van der Waals surface area contributed by atoms with Crippen LogP contribution in [0.2, 0.25) is 5.02 Å². The molecule has 3 nitrogen and oxygen atoms in total. The van der Waals surface area contributed by atoms with E-state index in [9.17, 15) is 5.11 Å². The van der Waals surface area contributed by atoms with Crippen molar-refractivity contribution in [1.82, 2.24) is 5.32 Å². The second-order valence-electron chi connectivity index (χ2n) is 3.37. The Kier molecular flexibility index (Phi) is 2.79. The van der Waals surface area contributed by atoms with Gasteiger partial charge >= 0.3 is 0 Å². The van der Waals surface area contributed by atoms with Crippen molar-refractivity contribution in [3.8, 4) is 5.75 Å². The van der Waals surface area contributed by atoms with Gasteiger partial charge in [0.05, 0.1) is 5.02 Å². The van der Waals surface area contributed by atoms with Crippen molar-refractivity contribution in [2.24, 2.45) is 0 Å². The van der Waals surface area contributed by atoms with Crippen LogP contribution in [0.4, 0.5) is 5.69 Å². The first-order chi connectivity index (χ1) is 6.77. The van der Waals surface area contributed by atoms with Crippen LogP contribution in [0.3, 0.4) is 0 Å². The summed E-state index contributed by atoms with van der Waals surface area (Å²) in [5, 5.41) is 13.1. The highest BCUT2D eigenvalue weighted by Crippen LogP contribution is 2.28. The first kappa shape index (κ1) is 9.62. The lowest BCUT2D eigenvalue weighted by molar-refractivity contribution is 0.475. The fraction of sp³-hybridized carbons (Fsp3) is 0.400. The van der Waals surface area contributed by atoms with Gasteiger partial charge in [0.1, 0.15) is 5.75 Å². The molecule has 2 rings (SSSR count). The average Bonchev–Trinajstić information content (AvgIpc) is 2.23. The molecule has 76 valence electrons. The summed E-state index contributed by atoms with van der Waals surface area (Å²) in [5.74, 6) is 0.155. The molecule has 4 heteroatoms. The Hall–Kier alpha value is -0.930. The lowest BCUT2D eigenvalue weighted by Crippen LogP contribution is -2.43. The minimum atomic E-state index is 0.155. The van der Waals surface area contributed by atoms with Crippen LogP contribution in [0.5, 0.6) is 5.75 Å². The summed E-state index contributed by atoms with van der Waals surface area (Å²) in [4.78, 5) is 2.23. The van der Waals surface area contributed by atoms with Gasteiger partial charge in [0.15, 0.2) is 0 Å². The van der Waals surface area contributed by atoms with Crippen molar-refractivity contribution in [3.63, 3.8) is 0 Å². The van der Waals surface area contributed by atoms with Crippen molar-refractivity contribution >= 4 is 17.3 Å². The molecule has 1 fully saturated rings. The van der Waals surface area contributed by atoms with Crippen LogP contribution in [-0.4, -0.2) is 31.3 Å². The Bertz CT molecular complexity index is 324. The third-order valence-electron chi connectivity index (χ3n) is 2.41. The van der Waals surface area contributed by atoms with Gasteiger partial charge in [0.25, 0.3) is 0 Å². The van der Waals surface area contributed by atoms with Crippen molar-refractivity contribution in [3.05, 3.63) is 23.2 Å². The topological polar surface area (TPSA) is 35.5 Å². The van der Waals surface area contributed by atoms with Crippen LogP contribution >= 0.6 is 11.6 Å². The molecule has 1 aromatic rings. The number of nitrogens with one attached hydrogen (secondary N) is 1. The largest absolute Gasteiger partial charge is 0.506 e. The highest BCUT2D eigenvalue weighted by molar-refractivity contribution is 6.32. The summed E-state index contributed by atoms with van der Waals surface area (Å²) in [6, 6.07) is 5.38. The highest BCUT2D eigenvalue weighted by Gasteiger charge is 2.11. The normalized spacial score (nSPS) is 17.1. The van der Waals surface area contributed by atoms with E-state index in [1.165, 1.54) is 0 Å². The molecular formula is C10H13ClN2O. The van der Waals surface area contributed by atoms with Crippen LogP contribution in [0, 0.1) is 0 Å². The van der Waals surface area contributed by atoms with E-state index >= 15 is 0 Å². The number of piperazine rings is 1. The number of benzene rings is 1. The maximum Gasteiger partial charge on any atom is 0.136 e. The molecule has 0 bridgehead atoms. The van der Waals surface area contributed by atoms with Crippen LogP contribution in [0.15, 0.2) is 18.2 Å². The molecular weight excluding hydrogens is 200 g/mol. The average molecular weight is 213 g/mol. The van der Waals surface area contributed by atoms with E-state index in [2.05, 4.69) is 10.2 Å². The van der Waals surface area contributed by atoms with Gasteiger partial charge in [-0.3, -0.25) is 0 Å². The molecule has 0 radical (unpaired) electrons. The third-order valence-corrected chi connectivity index (χ3v) is 2.73. The lowest BCUT2D eigenvalue weighted by atomic mass is 10.2. The monoisotopic (exact) mass is 212 g/mol. The van der Waals surface area contributed by atoms with Gasteiger partial charge in [-0.25, -0.2) is 0 Å². The van der Waals surface area contributed by atoms with Crippen molar-refractivity contribution < 1.29 is 5.11 Å². The zero-order chi connectivity index (χ0) is 9.97. The zero-order valence-corrected chi connectivity index (χ0v) is 8.59. The number of halogens is 1. The van der Waals surface area contributed by atoms with Gasteiger partial charge in [-0.2, -0.15) is 0 Å². The van der Waals surface area contributed by atoms with Gasteiger partial charge in [0.2, 0.25) is 0 Å². The Balaban J connectivity index is 2.18. The molecule has 1 aliphatic rings. The molecule has 1 aliphatic heterocycles.